The van der Waals surface area contributed by atoms with Crippen LogP contribution in [-0.4, -0.2) is 33.4 Å². The van der Waals surface area contributed by atoms with E-state index >= 15 is 0 Å². The second-order valence-corrected chi connectivity index (χ2v) is 7.41. The molecular formula is C19H19N5O3S2. The largest absolute Gasteiger partial charge is 0.462 e. The van der Waals surface area contributed by atoms with Gasteiger partial charge in [0.05, 0.1) is 17.9 Å². The van der Waals surface area contributed by atoms with Gasteiger partial charge in [0.2, 0.25) is 0 Å². The number of nitrogens with two attached hydrogens (primary N) is 1. The number of thiocarbonyl (C=S) groups is 1. The van der Waals surface area contributed by atoms with E-state index in [0.29, 0.717) is 16.3 Å². The highest BCUT2D eigenvalue weighted by Crippen LogP contribution is 2.36. The van der Waals surface area contributed by atoms with Crippen LogP contribution < -0.4 is 16.4 Å². The maximum absolute atomic E-state index is 12.4. The summed E-state index contributed by atoms with van der Waals surface area (Å²) in [7, 11) is 1.67. The summed E-state index contributed by atoms with van der Waals surface area (Å²) in [6, 6.07) is 11.4. The van der Waals surface area contributed by atoms with Crippen LogP contribution in [-0.2, 0) is 11.8 Å². The van der Waals surface area contributed by atoms with Crippen molar-refractivity contribution >= 4 is 51.2 Å². The number of amides is 1. The average molecular weight is 430 g/mol. The van der Waals surface area contributed by atoms with Crippen molar-refractivity contribution in [3.8, 4) is 10.4 Å². The lowest BCUT2D eigenvalue weighted by Gasteiger charge is -2.10. The molecule has 2 heterocycles. The fraction of sp³-hybridized carbons (Fsp3) is 0.158. The summed E-state index contributed by atoms with van der Waals surface area (Å²) in [4.78, 5) is 24.8. The Balaban J connectivity index is 1.87. The Bertz CT molecular complexity index is 1060. The first kappa shape index (κ1) is 20.5. The standard InChI is InChI=1S/C19H19N5O3S2/c1-3-27-18(26)12-9-14(11-7-5-4-6-8-11)29-17(12)22-19(28)21-13-10-24(2)23-15(13)16(20)25/h4-10H,3H2,1-2H3,(H2,20,25)(H2,21,22,28). The van der Waals surface area contributed by atoms with Crippen LogP contribution in [0.25, 0.3) is 10.4 Å². The first-order valence-corrected chi connectivity index (χ1v) is 9.89. The van der Waals surface area contributed by atoms with E-state index in [0.717, 1.165) is 10.4 Å². The summed E-state index contributed by atoms with van der Waals surface area (Å²) in [5.74, 6) is -1.12. The lowest BCUT2D eigenvalue weighted by atomic mass is 10.1. The van der Waals surface area contributed by atoms with Crippen molar-refractivity contribution in [3.63, 3.8) is 0 Å². The Morgan fingerprint density at radius 3 is 2.66 bits per heavy atom. The Morgan fingerprint density at radius 2 is 2.00 bits per heavy atom. The van der Waals surface area contributed by atoms with Crippen LogP contribution in [0.4, 0.5) is 10.7 Å². The summed E-state index contributed by atoms with van der Waals surface area (Å²) in [6.45, 7) is 2.00. The number of thiophene rings is 1. The predicted molar refractivity (Wildman–Crippen MR) is 117 cm³/mol. The summed E-state index contributed by atoms with van der Waals surface area (Å²) in [6.07, 6.45) is 1.59. The number of hydrogen-bond donors (Lipinski definition) is 3. The molecule has 3 rings (SSSR count). The number of esters is 1. The van der Waals surface area contributed by atoms with Crippen LogP contribution in [0.15, 0.2) is 42.6 Å². The number of nitrogens with one attached hydrogen (secondary N) is 2. The summed E-state index contributed by atoms with van der Waals surface area (Å²) in [5.41, 5.74) is 7.13. The molecule has 0 bridgehead atoms. The zero-order valence-corrected chi connectivity index (χ0v) is 17.4. The smallest absolute Gasteiger partial charge is 0.341 e. The monoisotopic (exact) mass is 429 g/mol. The van der Waals surface area contributed by atoms with Crippen LogP contribution in [0.2, 0.25) is 0 Å². The molecule has 0 saturated carbocycles. The van der Waals surface area contributed by atoms with E-state index in [1.54, 1.807) is 26.2 Å². The number of primary amides is 1. The quantitative estimate of drug-likeness (QED) is 0.407. The van der Waals surface area contributed by atoms with Gasteiger partial charge in [0.25, 0.3) is 5.91 Å². The van der Waals surface area contributed by atoms with Gasteiger partial charge in [-0.25, -0.2) is 4.79 Å². The lowest BCUT2D eigenvalue weighted by molar-refractivity contribution is 0.0528. The maximum Gasteiger partial charge on any atom is 0.341 e. The highest BCUT2D eigenvalue weighted by atomic mass is 32.1. The van der Waals surface area contributed by atoms with Crippen LogP contribution in [0.3, 0.4) is 0 Å². The number of benzene rings is 1. The zero-order valence-electron chi connectivity index (χ0n) is 15.8. The van der Waals surface area contributed by atoms with E-state index in [4.69, 9.17) is 22.7 Å². The molecule has 0 aliphatic heterocycles. The predicted octanol–water partition coefficient (Wildman–Crippen LogP) is 3.23. The zero-order chi connectivity index (χ0) is 21.0. The number of ether oxygens (including phenoxy) is 1. The van der Waals surface area contributed by atoms with Crippen molar-refractivity contribution in [3.05, 3.63) is 53.9 Å². The third-order valence-electron chi connectivity index (χ3n) is 3.82. The molecular weight excluding hydrogens is 410 g/mol. The molecule has 0 fully saturated rings. The minimum atomic E-state index is -0.675. The lowest BCUT2D eigenvalue weighted by Crippen LogP contribution is -2.22. The van der Waals surface area contributed by atoms with Crippen LogP contribution >= 0.6 is 23.6 Å². The second-order valence-electron chi connectivity index (χ2n) is 5.95. The highest BCUT2D eigenvalue weighted by Gasteiger charge is 2.20. The molecule has 0 radical (unpaired) electrons. The first-order valence-electron chi connectivity index (χ1n) is 8.66. The number of carbonyl (C=O) groups is 2. The maximum atomic E-state index is 12.4. The molecule has 3 aromatic rings. The highest BCUT2D eigenvalue weighted by molar-refractivity contribution is 7.80. The van der Waals surface area contributed by atoms with E-state index in [1.165, 1.54) is 16.0 Å². The molecule has 0 aliphatic rings. The molecule has 2 aromatic heterocycles. The molecule has 0 spiro atoms. The number of aryl methyl sites for hydroxylation is 1. The van der Waals surface area contributed by atoms with Crippen molar-refractivity contribution in [2.45, 2.75) is 6.92 Å². The van der Waals surface area contributed by atoms with E-state index in [1.807, 2.05) is 30.3 Å². The van der Waals surface area contributed by atoms with Gasteiger partial charge in [-0.3, -0.25) is 9.48 Å². The van der Waals surface area contributed by atoms with Gasteiger partial charge in [-0.05, 0) is 30.8 Å². The van der Waals surface area contributed by atoms with E-state index in [9.17, 15) is 9.59 Å². The summed E-state index contributed by atoms with van der Waals surface area (Å²) in [5, 5.41) is 10.6. The molecule has 0 atom stereocenters. The number of anilines is 2. The van der Waals surface area contributed by atoms with Gasteiger partial charge < -0.3 is 21.1 Å². The van der Waals surface area contributed by atoms with Crippen LogP contribution in [0.5, 0.6) is 0 Å². The third-order valence-corrected chi connectivity index (χ3v) is 5.13. The number of hydrogen-bond acceptors (Lipinski definition) is 6. The van der Waals surface area contributed by atoms with E-state index < -0.39 is 11.9 Å². The SMILES string of the molecule is CCOC(=O)c1cc(-c2ccccc2)sc1NC(=S)Nc1cn(C)nc1C(N)=O. The van der Waals surface area contributed by atoms with Crippen LogP contribution in [0, 0.1) is 0 Å². The number of nitrogens with zero attached hydrogens (tertiary/aromatic N) is 2. The van der Waals surface area contributed by atoms with Gasteiger partial charge in [0.1, 0.15) is 5.00 Å². The van der Waals surface area contributed by atoms with Gasteiger partial charge in [0.15, 0.2) is 10.8 Å². The number of rotatable bonds is 6. The van der Waals surface area contributed by atoms with Crippen molar-refractivity contribution in [2.75, 3.05) is 17.2 Å². The molecule has 8 nitrogen and oxygen atoms in total. The van der Waals surface area contributed by atoms with E-state index in [2.05, 4.69) is 15.7 Å². The van der Waals surface area contributed by atoms with Crippen molar-refractivity contribution in [1.82, 2.24) is 9.78 Å². The Kier molecular flexibility index (Phi) is 6.25. The minimum Gasteiger partial charge on any atom is -0.462 e. The second kappa shape index (κ2) is 8.84. The molecule has 0 saturated heterocycles. The molecule has 150 valence electrons. The molecule has 10 heteroatoms. The fourth-order valence-corrected chi connectivity index (χ4v) is 3.94. The molecule has 4 N–H and O–H groups in total. The Hall–Kier alpha value is -3.24. The normalized spacial score (nSPS) is 10.4. The van der Waals surface area contributed by atoms with Gasteiger partial charge in [-0.1, -0.05) is 30.3 Å². The summed E-state index contributed by atoms with van der Waals surface area (Å²) >= 11 is 6.72. The van der Waals surface area contributed by atoms with Crippen molar-refractivity contribution in [1.29, 1.82) is 0 Å². The minimum absolute atomic E-state index is 0.0680. The fourth-order valence-electron chi connectivity index (χ4n) is 2.61. The molecule has 0 aliphatic carbocycles. The van der Waals surface area contributed by atoms with Crippen molar-refractivity contribution < 1.29 is 14.3 Å². The third kappa shape index (κ3) is 4.79. The van der Waals surface area contributed by atoms with Gasteiger partial charge >= 0.3 is 5.97 Å². The molecule has 0 unspecified atom stereocenters. The average Bonchev–Trinajstić information content (AvgIpc) is 3.26. The topological polar surface area (TPSA) is 111 Å². The summed E-state index contributed by atoms with van der Waals surface area (Å²) < 4.78 is 6.61. The van der Waals surface area contributed by atoms with E-state index in [-0.39, 0.29) is 17.4 Å². The Labute approximate surface area is 176 Å². The van der Waals surface area contributed by atoms with Crippen molar-refractivity contribution in [2.24, 2.45) is 12.8 Å². The van der Waals surface area contributed by atoms with Gasteiger partial charge in [0, 0.05) is 18.1 Å². The Morgan fingerprint density at radius 1 is 1.28 bits per heavy atom. The van der Waals surface area contributed by atoms with Gasteiger partial charge in [-0.2, -0.15) is 5.10 Å². The first-order chi connectivity index (χ1) is 13.9. The molecule has 29 heavy (non-hydrogen) atoms. The number of carbonyl (C=O) groups excluding carboxylic acids is 2. The molecule has 1 aromatic carbocycles. The number of aromatic nitrogens is 2. The molecule has 1 amide bonds. The van der Waals surface area contributed by atoms with Gasteiger partial charge in [-0.15, -0.1) is 11.3 Å². The van der Waals surface area contributed by atoms with Crippen LogP contribution in [0.1, 0.15) is 27.8 Å².